The number of benzene rings is 3. The zero-order valence-electron chi connectivity index (χ0n) is 17.1. The van der Waals surface area contributed by atoms with E-state index in [-0.39, 0.29) is 18.5 Å². The highest BCUT2D eigenvalue weighted by Gasteiger charge is 2.29. The number of esters is 1. The van der Waals surface area contributed by atoms with E-state index >= 15 is 0 Å². The highest BCUT2D eigenvalue weighted by molar-refractivity contribution is 5.92. The standard InChI is InChI=1S/C27H25NO2/c1-21-26(27(29)30-20-23-13-7-3-8-14-23)25(24-15-9-4-10-16-24)17-18-28(21)19-22-11-5-2-6-12-22/h2-18,25H,19-20H2,1H3. The van der Waals surface area contributed by atoms with Crippen molar-refractivity contribution >= 4 is 5.97 Å². The molecule has 1 atom stereocenters. The number of rotatable bonds is 6. The van der Waals surface area contributed by atoms with Crippen LogP contribution in [0.2, 0.25) is 0 Å². The van der Waals surface area contributed by atoms with Crippen molar-refractivity contribution in [1.82, 2.24) is 4.90 Å². The largest absolute Gasteiger partial charge is 0.457 e. The summed E-state index contributed by atoms with van der Waals surface area (Å²) in [6.07, 6.45) is 4.17. The minimum atomic E-state index is -0.271. The van der Waals surface area contributed by atoms with E-state index in [9.17, 15) is 4.79 Å². The topological polar surface area (TPSA) is 29.5 Å². The highest BCUT2D eigenvalue weighted by Crippen LogP contribution is 2.35. The van der Waals surface area contributed by atoms with Gasteiger partial charge in [0.25, 0.3) is 0 Å². The van der Waals surface area contributed by atoms with Gasteiger partial charge in [-0.3, -0.25) is 0 Å². The van der Waals surface area contributed by atoms with Gasteiger partial charge in [-0.15, -0.1) is 0 Å². The molecule has 3 aromatic carbocycles. The molecule has 3 aromatic rings. The summed E-state index contributed by atoms with van der Waals surface area (Å²) in [5.41, 5.74) is 4.87. The zero-order valence-corrected chi connectivity index (χ0v) is 17.1. The molecule has 30 heavy (non-hydrogen) atoms. The number of carbonyl (C=O) groups excluding carboxylic acids is 1. The lowest BCUT2D eigenvalue weighted by atomic mass is 9.87. The van der Waals surface area contributed by atoms with Gasteiger partial charge in [0.2, 0.25) is 0 Å². The van der Waals surface area contributed by atoms with Gasteiger partial charge < -0.3 is 9.64 Å². The molecule has 1 aliphatic heterocycles. The Kier molecular flexibility index (Phi) is 6.09. The second-order valence-electron chi connectivity index (χ2n) is 7.40. The van der Waals surface area contributed by atoms with E-state index in [1.54, 1.807) is 0 Å². The smallest absolute Gasteiger partial charge is 0.337 e. The van der Waals surface area contributed by atoms with Gasteiger partial charge >= 0.3 is 5.97 Å². The zero-order chi connectivity index (χ0) is 20.8. The minimum Gasteiger partial charge on any atom is -0.457 e. The Hall–Kier alpha value is -3.59. The Labute approximate surface area is 177 Å². The quantitative estimate of drug-likeness (QED) is 0.493. The van der Waals surface area contributed by atoms with Crippen molar-refractivity contribution in [3.05, 3.63) is 131 Å². The molecule has 1 unspecified atom stereocenters. The summed E-state index contributed by atoms with van der Waals surface area (Å²) in [6.45, 7) is 2.97. The van der Waals surface area contributed by atoms with Crippen LogP contribution in [0, 0.1) is 0 Å². The van der Waals surface area contributed by atoms with E-state index in [0.717, 1.165) is 16.8 Å². The van der Waals surface area contributed by atoms with Crippen molar-refractivity contribution in [3.8, 4) is 0 Å². The predicted molar refractivity (Wildman–Crippen MR) is 119 cm³/mol. The summed E-state index contributed by atoms with van der Waals surface area (Å²) in [7, 11) is 0. The summed E-state index contributed by atoms with van der Waals surface area (Å²) in [4.78, 5) is 15.3. The Morgan fingerprint density at radius 3 is 2.03 bits per heavy atom. The first-order valence-electron chi connectivity index (χ1n) is 10.2. The maximum atomic E-state index is 13.2. The lowest BCUT2D eigenvalue weighted by Crippen LogP contribution is -2.26. The first kappa shape index (κ1) is 19.7. The van der Waals surface area contributed by atoms with Gasteiger partial charge in [0.05, 0.1) is 5.57 Å². The molecule has 0 saturated carbocycles. The SMILES string of the molecule is CC1=C(C(=O)OCc2ccccc2)C(c2ccccc2)C=CN1Cc1ccccc1. The maximum absolute atomic E-state index is 13.2. The van der Waals surface area contributed by atoms with Crippen molar-refractivity contribution in [1.29, 1.82) is 0 Å². The average molecular weight is 396 g/mol. The molecule has 0 fully saturated rings. The number of carbonyl (C=O) groups is 1. The summed E-state index contributed by atoms with van der Waals surface area (Å²) in [5.74, 6) is -0.394. The molecule has 0 saturated heterocycles. The van der Waals surface area contributed by atoms with E-state index in [2.05, 4.69) is 41.4 Å². The molecule has 0 amide bonds. The van der Waals surface area contributed by atoms with Gasteiger partial charge in [0.1, 0.15) is 6.61 Å². The first-order chi connectivity index (χ1) is 14.7. The minimum absolute atomic E-state index is 0.124. The molecule has 3 nitrogen and oxygen atoms in total. The van der Waals surface area contributed by atoms with Gasteiger partial charge in [0.15, 0.2) is 0 Å². The predicted octanol–water partition coefficient (Wildman–Crippen LogP) is 5.82. The molecule has 0 spiro atoms. The summed E-state index contributed by atoms with van der Waals surface area (Å²) in [6, 6.07) is 30.1. The molecule has 0 bridgehead atoms. The average Bonchev–Trinajstić information content (AvgIpc) is 2.80. The Balaban J connectivity index is 1.62. The number of allylic oxidation sites excluding steroid dienone is 2. The Morgan fingerprint density at radius 2 is 1.40 bits per heavy atom. The van der Waals surface area contributed by atoms with Gasteiger partial charge in [0, 0.05) is 24.4 Å². The van der Waals surface area contributed by atoms with E-state index in [1.165, 1.54) is 5.56 Å². The fourth-order valence-electron chi connectivity index (χ4n) is 3.74. The van der Waals surface area contributed by atoms with Crippen molar-refractivity contribution in [2.24, 2.45) is 0 Å². The lowest BCUT2D eigenvalue weighted by molar-refractivity contribution is -0.140. The van der Waals surface area contributed by atoms with Crippen LogP contribution in [-0.2, 0) is 22.7 Å². The van der Waals surface area contributed by atoms with Gasteiger partial charge in [-0.05, 0) is 23.6 Å². The van der Waals surface area contributed by atoms with Crippen molar-refractivity contribution in [2.75, 3.05) is 0 Å². The van der Waals surface area contributed by atoms with Crippen molar-refractivity contribution in [3.63, 3.8) is 0 Å². The molecule has 1 heterocycles. The summed E-state index contributed by atoms with van der Waals surface area (Å²) < 4.78 is 5.73. The second kappa shape index (κ2) is 9.27. The summed E-state index contributed by atoms with van der Waals surface area (Å²) in [5, 5.41) is 0. The third-order valence-electron chi connectivity index (χ3n) is 5.38. The third kappa shape index (κ3) is 4.52. The van der Waals surface area contributed by atoms with Gasteiger partial charge in [-0.1, -0.05) is 97.1 Å². The first-order valence-corrected chi connectivity index (χ1v) is 10.2. The summed E-state index contributed by atoms with van der Waals surface area (Å²) >= 11 is 0. The maximum Gasteiger partial charge on any atom is 0.337 e. The molecule has 0 aromatic heterocycles. The number of hydrogen-bond acceptors (Lipinski definition) is 3. The van der Waals surface area contributed by atoms with Crippen molar-refractivity contribution < 1.29 is 9.53 Å². The molecular weight excluding hydrogens is 370 g/mol. The highest BCUT2D eigenvalue weighted by atomic mass is 16.5. The van der Waals surface area contributed by atoms with Crippen LogP contribution < -0.4 is 0 Å². The lowest BCUT2D eigenvalue weighted by Gasteiger charge is -2.31. The van der Waals surface area contributed by atoms with E-state index in [0.29, 0.717) is 12.1 Å². The monoisotopic (exact) mass is 395 g/mol. The van der Waals surface area contributed by atoms with Crippen LogP contribution >= 0.6 is 0 Å². The number of hydrogen-bond donors (Lipinski definition) is 0. The Morgan fingerprint density at radius 1 is 0.833 bits per heavy atom. The third-order valence-corrected chi connectivity index (χ3v) is 5.38. The fraction of sp³-hybridized carbons (Fsp3) is 0.148. The van der Waals surface area contributed by atoms with Crippen LogP contribution in [0.3, 0.4) is 0 Å². The molecule has 150 valence electrons. The van der Waals surface area contributed by atoms with E-state index in [1.807, 2.05) is 73.7 Å². The number of ether oxygens (including phenoxy) is 1. The van der Waals surface area contributed by atoms with Gasteiger partial charge in [-0.25, -0.2) is 4.79 Å². The molecule has 0 aliphatic carbocycles. The van der Waals surface area contributed by atoms with E-state index in [4.69, 9.17) is 4.74 Å². The van der Waals surface area contributed by atoms with Crippen molar-refractivity contribution in [2.45, 2.75) is 26.0 Å². The fourth-order valence-corrected chi connectivity index (χ4v) is 3.74. The van der Waals surface area contributed by atoms with Crippen LogP contribution in [-0.4, -0.2) is 10.9 Å². The molecule has 0 radical (unpaired) electrons. The van der Waals surface area contributed by atoms with Crippen LogP contribution in [0.25, 0.3) is 0 Å². The second-order valence-corrected chi connectivity index (χ2v) is 7.40. The molecule has 4 rings (SSSR count). The van der Waals surface area contributed by atoms with Crippen LogP contribution in [0.5, 0.6) is 0 Å². The van der Waals surface area contributed by atoms with E-state index < -0.39 is 0 Å². The molecule has 1 aliphatic rings. The van der Waals surface area contributed by atoms with Gasteiger partial charge in [-0.2, -0.15) is 0 Å². The molecular formula is C27H25NO2. The normalized spacial score (nSPS) is 15.9. The molecule has 0 N–H and O–H groups in total. The van der Waals surface area contributed by atoms with Crippen LogP contribution in [0.1, 0.15) is 29.5 Å². The number of nitrogens with zero attached hydrogens (tertiary/aromatic N) is 1. The molecule has 3 heteroatoms. The van der Waals surface area contributed by atoms with Crippen LogP contribution in [0.15, 0.2) is 115 Å². The Bertz CT molecular complexity index is 1040. The van der Waals surface area contributed by atoms with Crippen LogP contribution in [0.4, 0.5) is 0 Å².